The lowest BCUT2D eigenvalue weighted by molar-refractivity contribution is 0.253. The summed E-state index contributed by atoms with van der Waals surface area (Å²) in [6.07, 6.45) is 2.30. The number of unbranched alkanes of at least 4 members (excludes halogenated alkanes) is 1. The van der Waals surface area contributed by atoms with Crippen molar-refractivity contribution in [3.05, 3.63) is 42.5 Å². The topological polar surface area (TPSA) is 56.9 Å². The summed E-state index contributed by atoms with van der Waals surface area (Å²) < 4.78 is 0. The van der Waals surface area contributed by atoms with Crippen LogP contribution in [0.3, 0.4) is 0 Å². The van der Waals surface area contributed by atoms with Crippen molar-refractivity contribution in [1.82, 2.24) is 10.2 Å². The minimum Gasteiger partial charge on any atom is -0.370 e. The van der Waals surface area contributed by atoms with Crippen LogP contribution in [0.25, 0.3) is 0 Å². The van der Waals surface area contributed by atoms with Crippen molar-refractivity contribution in [2.45, 2.75) is 19.8 Å². The first-order chi connectivity index (χ1) is 11.6. The zero-order chi connectivity index (χ0) is 17.2. The fraction of sp³-hybridized carbons (Fsp3) is 0.526. The lowest BCUT2D eigenvalue weighted by Crippen LogP contribution is -2.46. The van der Waals surface area contributed by atoms with E-state index in [1.54, 1.807) is 0 Å². The fourth-order valence-corrected chi connectivity index (χ4v) is 2.82. The Hall–Kier alpha value is -2.01. The van der Waals surface area contributed by atoms with Crippen LogP contribution in [-0.4, -0.2) is 56.7 Å². The van der Waals surface area contributed by atoms with Gasteiger partial charge >= 0.3 is 0 Å². The molecule has 0 spiro atoms. The van der Waals surface area contributed by atoms with Crippen molar-refractivity contribution >= 4 is 11.6 Å². The number of nitrogens with two attached hydrogens (primary N) is 1. The third kappa shape index (κ3) is 6.62. The van der Waals surface area contributed by atoms with E-state index in [1.165, 1.54) is 12.1 Å². The number of hydrogen-bond donors (Lipinski definition) is 2. The number of anilines is 1. The van der Waals surface area contributed by atoms with Crippen LogP contribution in [0, 0.1) is 0 Å². The van der Waals surface area contributed by atoms with Gasteiger partial charge in [0, 0.05) is 38.4 Å². The molecule has 5 heteroatoms. The summed E-state index contributed by atoms with van der Waals surface area (Å²) in [4.78, 5) is 9.24. The Kier molecular flexibility index (Phi) is 7.62. The summed E-state index contributed by atoms with van der Waals surface area (Å²) in [6.45, 7) is 12.9. The van der Waals surface area contributed by atoms with E-state index in [-0.39, 0.29) is 0 Å². The number of nitrogens with zero attached hydrogens (tertiary/aromatic N) is 3. The molecule has 0 unspecified atom stereocenters. The van der Waals surface area contributed by atoms with Crippen LogP contribution in [0.5, 0.6) is 0 Å². The second-order valence-corrected chi connectivity index (χ2v) is 6.46. The Balaban J connectivity index is 1.55. The van der Waals surface area contributed by atoms with E-state index in [1.807, 2.05) is 6.92 Å². The molecular formula is C19H31N5. The minimum atomic E-state index is 0.523. The molecule has 132 valence electrons. The zero-order valence-corrected chi connectivity index (χ0v) is 14.9. The highest BCUT2D eigenvalue weighted by atomic mass is 15.3. The van der Waals surface area contributed by atoms with Crippen LogP contribution in [0.15, 0.2) is 47.5 Å². The Morgan fingerprint density at radius 2 is 1.88 bits per heavy atom. The van der Waals surface area contributed by atoms with Crippen LogP contribution in [-0.2, 0) is 0 Å². The van der Waals surface area contributed by atoms with Gasteiger partial charge in [0.05, 0.1) is 6.54 Å². The predicted octanol–water partition coefficient (Wildman–Crippen LogP) is 2.07. The molecule has 0 amide bonds. The molecule has 1 aliphatic heterocycles. The van der Waals surface area contributed by atoms with Crippen LogP contribution in [0.4, 0.5) is 5.69 Å². The second-order valence-electron chi connectivity index (χ2n) is 6.46. The van der Waals surface area contributed by atoms with Gasteiger partial charge in [0.2, 0.25) is 0 Å². The molecule has 1 saturated heterocycles. The molecule has 0 radical (unpaired) electrons. The molecule has 1 aromatic carbocycles. The maximum absolute atomic E-state index is 5.80. The summed E-state index contributed by atoms with van der Waals surface area (Å²) in [5, 5.41) is 3.16. The summed E-state index contributed by atoms with van der Waals surface area (Å²) >= 11 is 0. The van der Waals surface area contributed by atoms with Crippen LogP contribution < -0.4 is 16.0 Å². The molecule has 1 heterocycles. The van der Waals surface area contributed by atoms with Gasteiger partial charge in [0.15, 0.2) is 5.96 Å². The summed E-state index contributed by atoms with van der Waals surface area (Å²) in [7, 11) is 0. The molecule has 0 aliphatic carbocycles. The van der Waals surface area contributed by atoms with Crippen LogP contribution >= 0.6 is 0 Å². The van der Waals surface area contributed by atoms with E-state index in [9.17, 15) is 0 Å². The number of benzene rings is 1. The lowest BCUT2D eigenvalue weighted by Gasteiger charge is -2.36. The SMILES string of the molecule is C=C(C)CN=C(N)NCCCCN1CCN(c2ccccc2)CC1. The van der Waals surface area contributed by atoms with E-state index in [4.69, 9.17) is 5.73 Å². The number of piperazine rings is 1. The number of guanidine groups is 1. The van der Waals surface area contributed by atoms with E-state index in [0.717, 1.165) is 51.3 Å². The van der Waals surface area contributed by atoms with Crippen molar-refractivity contribution in [2.75, 3.05) is 50.7 Å². The molecule has 0 saturated carbocycles. The van der Waals surface area contributed by atoms with Crippen molar-refractivity contribution in [3.8, 4) is 0 Å². The quantitative estimate of drug-likeness (QED) is 0.332. The average Bonchev–Trinajstić information content (AvgIpc) is 2.61. The molecule has 24 heavy (non-hydrogen) atoms. The van der Waals surface area contributed by atoms with Gasteiger partial charge in [-0.1, -0.05) is 30.4 Å². The maximum atomic E-state index is 5.80. The van der Waals surface area contributed by atoms with E-state index < -0.39 is 0 Å². The van der Waals surface area contributed by atoms with Crippen LogP contribution in [0.2, 0.25) is 0 Å². The lowest BCUT2D eigenvalue weighted by atomic mass is 10.2. The Morgan fingerprint density at radius 1 is 1.17 bits per heavy atom. The van der Waals surface area contributed by atoms with Gasteiger partial charge in [0.25, 0.3) is 0 Å². The highest BCUT2D eigenvalue weighted by molar-refractivity contribution is 5.77. The van der Waals surface area contributed by atoms with E-state index in [2.05, 4.69) is 57.0 Å². The molecule has 0 bridgehead atoms. The highest BCUT2D eigenvalue weighted by Crippen LogP contribution is 2.15. The predicted molar refractivity (Wildman–Crippen MR) is 104 cm³/mol. The first-order valence-corrected chi connectivity index (χ1v) is 8.85. The first kappa shape index (κ1) is 18.3. The molecule has 1 aliphatic rings. The van der Waals surface area contributed by atoms with Gasteiger partial charge < -0.3 is 16.0 Å². The second kappa shape index (κ2) is 9.98. The summed E-state index contributed by atoms with van der Waals surface area (Å²) in [5.41, 5.74) is 8.16. The van der Waals surface area contributed by atoms with Crippen LogP contribution in [0.1, 0.15) is 19.8 Å². The highest BCUT2D eigenvalue weighted by Gasteiger charge is 2.16. The third-order valence-electron chi connectivity index (χ3n) is 4.22. The average molecular weight is 329 g/mol. The molecule has 0 aromatic heterocycles. The van der Waals surface area contributed by atoms with E-state index >= 15 is 0 Å². The molecule has 1 aromatic rings. The van der Waals surface area contributed by atoms with Crippen molar-refractivity contribution in [2.24, 2.45) is 10.7 Å². The number of aliphatic imine (C=N–C) groups is 1. The van der Waals surface area contributed by atoms with Crippen molar-refractivity contribution in [1.29, 1.82) is 0 Å². The Bertz CT molecular complexity index is 518. The van der Waals surface area contributed by atoms with Gasteiger partial charge in [-0.2, -0.15) is 0 Å². The van der Waals surface area contributed by atoms with Gasteiger partial charge in [-0.15, -0.1) is 0 Å². The maximum Gasteiger partial charge on any atom is 0.188 e. The molecule has 2 rings (SSSR count). The summed E-state index contributed by atoms with van der Waals surface area (Å²) in [6, 6.07) is 10.7. The smallest absolute Gasteiger partial charge is 0.188 e. The first-order valence-electron chi connectivity index (χ1n) is 8.85. The van der Waals surface area contributed by atoms with Gasteiger partial charge in [-0.25, -0.2) is 4.99 Å². The molecule has 3 N–H and O–H groups in total. The van der Waals surface area contributed by atoms with Gasteiger partial charge in [-0.05, 0) is 38.4 Å². The number of nitrogens with one attached hydrogen (secondary N) is 1. The van der Waals surface area contributed by atoms with Crippen molar-refractivity contribution in [3.63, 3.8) is 0 Å². The van der Waals surface area contributed by atoms with Crippen molar-refractivity contribution < 1.29 is 0 Å². The fourth-order valence-electron chi connectivity index (χ4n) is 2.82. The normalized spacial score (nSPS) is 16.2. The monoisotopic (exact) mass is 329 g/mol. The molecule has 5 nitrogen and oxygen atoms in total. The number of hydrogen-bond acceptors (Lipinski definition) is 3. The van der Waals surface area contributed by atoms with Gasteiger partial charge in [0.1, 0.15) is 0 Å². The van der Waals surface area contributed by atoms with Gasteiger partial charge in [-0.3, -0.25) is 4.90 Å². The van der Waals surface area contributed by atoms with E-state index in [0.29, 0.717) is 12.5 Å². The third-order valence-corrected chi connectivity index (χ3v) is 4.22. The zero-order valence-electron chi connectivity index (χ0n) is 14.9. The number of para-hydroxylation sites is 1. The largest absolute Gasteiger partial charge is 0.370 e. The molecular weight excluding hydrogens is 298 g/mol. The standard InChI is InChI=1S/C19H31N5/c1-17(2)16-22-19(20)21-10-6-7-11-23-12-14-24(15-13-23)18-8-4-3-5-9-18/h3-5,8-9H,1,6-7,10-16H2,2H3,(H3,20,21,22). The molecule has 1 fully saturated rings. The minimum absolute atomic E-state index is 0.523. The Labute approximate surface area is 146 Å². The Morgan fingerprint density at radius 3 is 2.54 bits per heavy atom. The summed E-state index contributed by atoms with van der Waals surface area (Å²) in [5.74, 6) is 0.523. The molecule has 0 atom stereocenters. The number of rotatable bonds is 8.